The van der Waals surface area contributed by atoms with Gasteiger partial charge in [-0.15, -0.1) is 0 Å². The zero-order valence-electron chi connectivity index (χ0n) is 12.9. The standard InChI is InChI=1S/C15H12F3N3O5/c16-15(17,18)10-6-11(20(23)24)14(12(7-10)21(25)26)19-8-13(22)9-4-2-1-3-5-9/h1-7,13,19,22H,8H2/t13-/m0/s1. The highest BCUT2D eigenvalue weighted by atomic mass is 19.4. The van der Waals surface area contributed by atoms with Gasteiger partial charge in [0.15, 0.2) is 5.69 Å². The molecular formula is C15H12F3N3O5. The fraction of sp³-hybridized carbons (Fsp3) is 0.200. The van der Waals surface area contributed by atoms with Crippen LogP contribution in [0.3, 0.4) is 0 Å². The van der Waals surface area contributed by atoms with E-state index < -0.39 is 44.8 Å². The Bertz CT molecular complexity index is 792. The Morgan fingerprint density at radius 3 is 1.96 bits per heavy atom. The Kier molecular flexibility index (Phi) is 5.41. The largest absolute Gasteiger partial charge is 0.416 e. The van der Waals surface area contributed by atoms with Gasteiger partial charge in [-0.2, -0.15) is 13.2 Å². The number of rotatable bonds is 6. The minimum Gasteiger partial charge on any atom is -0.387 e. The van der Waals surface area contributed by atoms with E-state index in [9.17, 15) is 38.5 Å². The van der Waals surface area contributed by atoms with Crippen molar-refractivity contribution in [3.05, 3.63) is 73.8 Å². The molecule has 0 aliphatic heterocycles. The number of aliphatic hydroxyl groups excluding tert-OH is 1. The molecule has 0 aliphatic rings. The summed E-state index contributed by atoms with van der Waals surface area (Å²) in [4.78, 5) is 19.9. The smallest absolute Gasteiger partial charge is 0.387 e. The third-order valence-corrected chi connectivity index (χ3v) is 3.47. The number of benzene rings is 2. The highest BCUT2D eigenvalue weighted by Gasteiger charge is 2.37. The maximum atomic E-state index is 12.8. The van der Waals surface area contributed by atoms with E-state index in [1.165, 1.54) is 0 Å². The van der Waals surface area contributed by atoms with Crippen LogP contribution in [0.1, 0.15) is 17.2 Å². The summed E-state index contributed by atoms with van der Waals surface area (Å²) < 4.78 is 38.5. The molecule has 0 amide bonds. The number of halogens is 3. The van der Waals surface area contributed by atoms with Crippen LogP contribution in [0.5, 0.6) is 0 Å². The van der Waals surface area contributed by atoms with Gasteiger partial charge in [0.05, 0.1) is 21.5 Å². The van der Waals surface area contributed by atoms with Crippen LogP contribution in [-0.4, -0.2) is 21.5 Å². The number of hydrogen-bond donors (Lipinski definition) is 2. The number of nitro groups is 2. The summed E-state index contributed by atoms with van der Waals surface area (Å²) in [7, 11) is 0. The average Bonchev–Trinajstić information content (AvgIpc) is 2.58. The lowest BCUT2D eigenvalue weighted by Gasteiger charge is -2.14. The molecule has 0 aromatic heterocycles. The van der Waals surface area contributed by atoms with E-state index in [-0.39, 0.29) is 18.7 Å². The summed E-state index contributed by atoms with van der Waals surface area (Å²) in [6.45, 7) is -0.378. The summed E-state index contributed by atoms with van der Waals surface area (Å²) in [5.74, 6) is 0. The minimum atomic E-state index is -4.99. The predicted octanol–water partition coefficient (Wildman–Crippen LogP) is 3.67. The van der Waals surface area contributed by atoms with E-state index in [2.05, 4.69) is 5.32 Å². The van der Waals surface area contributed by atoms with Crippen LogP contribution < -0.4 is 5.32 Å². The molecule has 2 aromatic rings. The first kappa shape index (κ1) is 19.1. The molecule has 138 valence electrons. The first-order valence-corrected chi connectivity index (χ1v) is 7.12. The van der Waals surface area contributed by atoms with Gasteiger partial charge in [0.25, 0.3) is 11.4 Å². The third kappa shape index (κ3) is 4.25. The van der Waals surface area contributed by atoms with E-state index in [0.717, 1.165) is 0 Å². The van der Waals surface area contributed by atoms with Crippen LogP contribution in [0.15, 0.2) is 42.5 Å². The molecule has 2 N–H and O–H groups in total. The molecule has 0 radical (unpaired) electrons. The van der Waals surface area contributed by atoms with Crippen molar-refractivity contribution in [2.24, 2.45) is 0 Å². The van der Waals surface area contributed by atoms with Gasteiger partial charge in [-0.3, -0.25) is 20.2 Å². The molecule has 2 rings (SSSR count). The van der Waals surface area contributed by atoms with Crippen LogP contribution in [0, 0.1) is 20.2 Å². The summed E-state index contributed by atoms with van der Waals surface area (Å²) in [6, 6.07) is 8.48. The molecule has 0 bridgehead atoms. The summed E-state index contributed by atoms with van der Waals surface area (Å²) in [5, 5.41) is 34.6. The number of nitrogens with zero attached hydrogens (tertiary/aromatic N) is 2. The highest BCUT2D eigenvalue weighted by molar-refractivity contribution is 5.75. The van der Waals surface area contributed by atoms with E-state index in [1.54, 1.807) is 30.3 Å². The van der Waals surface area contributed by atoms with Crippen molar-refractivity contribution in [1.29, 1.82) is 0 Å². The highest BCUT2D eigenvalue weighted by Crippen LogP contribution is 2.41. The van der Waals surface area contributed by atoms with Crippen molar-refractivity contribution in [1.82, 2.24) is 0 Å². The second-order valence-electron chi connectivity index (χ2n) is 5.21. The number of anilines is 1. The van der Waals surface area contributed by atoms with Gasteiger partial charge in [0.2, 0.25) is 0 Å². The zero-order valence-corrected chi connectivity index (χ0v) is 12.9. The minimum absolute atomic E-state index is 0.213. The lowest BCUT2D eigenvalue weighted by molar-refractivity contribution is -0.392. The Morgan fingerprint density at radius 2 is 1.54 bits per heavy atom. The zero-order chi connectivity index (χ0) is 19.5. The number of nitrogens with one attached hydrogen (secondary N) is 1. The molecule has 0 aliphatic carbocycles. The fourth-order valence-corrected chi connectivity index (χ4v) is 2.24. The van der Waals surface area contributed by atoms with Gasteiger partial charge < -0.3 is 10.4 Å². The lowest BCUT2D eigenvalue weighted by Crippen LogP contribution is -2.15. The van der Waals surface area contributed by atoms with Gasteiger partial charge in [-0.1, -0.05) is 30.3 Å². The van der Waals surface area contributed by atoms with Crippen LogP contribution >= 0.6 is 0 Å². The predicted molar refractivity (Wildman–Crippen MR) is 84.6 cm³/mol. The number of nitro benzene ring substituents is 2. The van der Waals surface area contributed by atoms with E-state index in [4.69, 9.17) is 0 Å². The van der Waals surface area contributed by atoms with Crippen molar-refractivity contribution >= 4 is 17.1 Å². The summed E-state index contributed by atoms with van der Waals surface area (Å²) >= 11 is 0. The second kappa shape index (κ2) is 7.35. The third-order valence-electron chi connectivity index (χ3n) is 3.47. The van der Waals surface area contributed by atoms with Gasteiger partial charge in [-0.25, -0.2) is 0 Å². The molecule has 1 atom stereocenters. The van der Waals surface area contributed by atoms with E-state index >= 15 is 0 Å². The van der Waals surface area contributed by atoms with Crippen molar-refractivity contribution in [3.63, 3.8) is 0 Å². The molecule has 0 saturated carbocycles. The number of alkyl halides is 3. The van der Waals surface area contributed by atoms with Crippen LogP contribution in [0.25, 0.3) is 0 Å². The summed E-state index contributed by atoms with van der Waals surface area (Å²) in [5.41, 5.74) is -4.00. The van der Waals surface area contributed by atoms with Gasteiger partial charge in [0.1, 0.15) is 0 Å². The molecule has 0 saturated heterocycles. The molecule has 26 heavy (non-hydrogen) atoms. The molecule has 11 heteroatoms. The van der Waals surface area contributed by atoms with Crippen molar-refractivity contribution < 1.29 is 28.1 Å². The van der Waals surface area contributed by atoms with E-state index in [1.807, 2.05) is 0 Å². The van der Waals surface area contributed by atoms with Crippen molar-refractivity contribution in [3.8, 4) is 0 Å². The van der Waals surface area contributed by atoms with Gasteiger partial charge >= 0.3 is 6.18 Å². The second-order valence-corrected chi connectivity index (χ2v) is 5.21. The molecular weight excluding hydrogens is 359 g/mol. The molecule has 8 nitrogen and oxygen atoms in total. The molecule has 0 spiro atoms. The first-order chi connectivity index (χ1) is 12.1. The van der Waals surface area contributed by atoms with Crippen LogP contribution in [0.4, 0.5) is 30.2 Å². The Balaban J connectivity index is 2.42. The normalized spacial score (nSPS) is 12.5. The Morgan fingerprint density at radius 1 is 1.04 bits per heavy atom. The van der Waals surface area contributed by atoms with Crippen molar-refractivity contribution in [2.45, 2.75) is 12.3 Å². The van der Waals surface area contributed by atoms with Gasteiger partial charge in [-0.05, 0) is 5.56 Å². The monoisotopic (exact) mass is 371 g/mol. The summed E-state index contributed by atoms with van der Waals surface area (Å²) in [6.07, 6.45) is -6.17. The first-order valence-electron chi connectivity index (χ1n) is 7.12. The van der Waals surface area contributed by atoms with E-state index in [0.29, 0.717) is 5.56 Å². The molecule has 0 unspecified atom stereocenters. The lowest BCUT2D eigenvalue weighted by atomic mass is 10.1. The quantitative estimate of drug-likeness (QED) is 0.591. The average molecular weight is 371 g/mol. The maximum absolute atomic E-state index is 12.8. The Hall–Kier alpha value is -3.21. The number of hydrogen-bond acceptors (Lipinski definition) is 6. The SMILES string of the molecule is O=[N+]([O-])c1cc(C(F)(F)F)cc([N+](=O)[O-])c1NC[C@H](O)c1ccccc1. The fourth-order valence-electron chi connectivity index (χ4n) is 2.24. The molecule has 0 fully saturated rings. The van der Waals surface area contributed by atoms with Crippen LogP contribution in [0.2, 0.25) is 0 Å². The van der Waals surface area contributed by atoms with Crippen LogP contribution in [-0.2, 0) is 6.18 Å². The Labute approximate surface area is 144 Å². The van der Waals surface area contributed by atoms with Gasteiger partial charge in [0, 0.05) is 18.7 Å². The molecule has 2 aromatic carbocycles. The maximum Gasteiger partial charge on any atom is 0.416 e. The topological polar surface area (TPSA) is 119 Å². The number of aliphatic hydroxyl groups is 1. The van der Waals surface area contributed by atoms with Crippen molar-refractivity contribution in [2.75, 3.05) is 11.9 Å². The molecule has 0 heterocycles.